The average molecular weight is 387 g/mol. The number of ketones is 4. The molecule has 1 aliphatic rings. The fourth-order valence-corrected chi connectivity index (χ4v) is 3.34. The van der Waals surface area contributed by atoms with Gasteiger partial charge in [-0.05, 0) is 0 Å². The Morgan fingerprint density at radius 2 is 1.12 bits per heavy atom. The van der Waals surface area contributed by atoms with E-state index in [1.165, 1.54) is 27.7 Å². The van der Waals surface area contributed by atoms with Crippen LogP contribution in [-0.4, -0.2) is 76.9 Å². The van der Waals surface area contributed by atoms with Gasteiger partial charge in [-0.1, -0.05) is 0 Å². The van der Waals surface area contributed by atoms with Gasteiger partial charge in [0.05, 0.1) is 0 Å². The molecule has 0 radical (unpaired) electrons. The van der Waals surface area contributed by atoms with E-state index in [4.69, 9.17) is 0 Å². The molecule has 8 nitrogen and oxygen atoms in total. The van der Waals surface area contributed by atoms with Crippen LogP contribution in [0.4, 0.5) is 0 Å². The van der Waals surface area contributed by atoms with Crippen LogP contribution in [0.3, 0.4) is 0 Å². The summed E-state index contributed by atoms with van der Waals surface area (Å²) in [6.45, 7) is 7.14. The number of nitrogens with one attached hydrogen (secondary N) is 3. The van der Waals surface area contributed by atoms with Crippen molar-refractivity contribution in [2.24, 2.45) is 0 Å². The van der Waals surface area contributed by atoms with Gasteiger partial charge in [0, 0.05) is 0 Å². The second-order valence-electron chi connectivity index (χ2n) is 6.49. The van der Waals surface area contributed by atoms with E-state index in [1.54, 1.807) is 20.7 Å². The number of hydrogen-bond donors (Lipinski definition) is 3. The Hall–Kier alpha value is -0.766. The number of hydrogen-bond acceptors (Lipinski definition) is 8. The van der Waals surface area contributed by atoms with Gasteiger partial charge in [0.1, 0.15) is 0 Å². The predicted octanol–water partition coefficient (Wildman–Crippen LogP) is -1.64. The van der Waals surface area contributed by atoms with Crippen LogP contribution in [-0.2, 0) is 39.9 Å². The van der Waals surface area contributed by atoms with Crippen molar-refractivity contribution in [3.8, 4) is 0 Å². The Kier molecular flexibility index (Phi) is 9.27. The molecule has 4 unspecified atom stereocenters. The van der Waals surface area contributed by atoms with Crippen LogP contribution in [0.1, 0.15) is 27.7 Å². The summed E-state index contributed by atoms with van der Waals surface area (Å²) in [7, 11) is 0. The van der Waals surface area contributed by atoms with Crippen molar-refractivity contribution in [3.63, 3.8) is 0 Å². The topological polar surface area (TPSA) is 108 Å². The fourth-order valence-electron chi connectivity index (χ4n) is 2.63. The van der Waals surface area contributed by atoms with Crippen LogP contribution in [0.2, 0.25) is 0 Å². The molecule has 0 aromatic rings. The number of carbonyl (C=O) groups excluding carboxylic acids is 4. The van der Waals surface area contributed by atoms with Crippen molar-refractivity contribution in [2.45, 2.75) is 51.9 Å². The third kappa shape index (κ3) is 7.17. The molecular formula is C16H27N4O4Ti. The Labute approximate surface area is 160 Å². The first kappa shape index (κ1) is 22.3. The van der Waals surface area contributed by atoms with Crippen LogP contribution < -0.4 is 16.0 Å². The second kappa shape index (κ2) is 10.4. The summed E-state index contributed by atoms with van der Waals surface area (Å²) in [6.07, 6.45) is 0. The number of Topliss-reactive ketones (excluding diaryl/α,β-unsaturated/α-hetero) is 4. The van der Waals surface area contributed by atoms with Gasteiger partial charge in [0.15, 0.2) is 0 Å². The van der Waals surface area contributed by atoms with E-state index in [2.05, 4.69) is 16.0 Å². The molecule has 9 heteroatoms. The summed E-state index contributed by atoms with van der Waals surface area (Å²) in [6, 6.07) is -1.88. The molecule has 3 N–H and O–H groups in total. The molecule has 0 amide bonds. The summed E-state index contributed by atoms with van der Waals surface area (Å²) in [5.41, 5.74) is 0. The predicted molar refractivity (Wildman–Crippen MR) is 88.6 cm³/mol. The van der Waals surface area contributed by atoms with Gasteiger partial charge < -0.3 is 0 Å². The van der Waals surface area contributed by atoms with E-state index in [0.717, 1.165) is 0 Å². The van der Waals surface area contributed by atoms with Crippen molar-refractivity contribution in [1.82, 2.24) is 19.3 Å². The zero-order chi connectivity index (χ0) is 19.1. The summed E-state index contributed by atoms with van der Waals surface area (Å²) in [5.74, 6) is -0.218. The first-order chi connectivity index (χ1) is 11.6. The molecule has 0 spiro atoms. The zero-order valence-corrected chi connectivity index (χ0v) is 16.8. The van der Waals surface area contributed by atoms with Crippen LogP contribution in [0.5, 0.6) is 0 Å². The van der Waals surface area contributed by atoms with Crippen LogP contribution >= 0.6 is 0 Å². The molecule has 25 heavy (non-hydrogen) atoms. The maximum absolute atomic E-state index is 12.0. The van der Waals surface area contributed by atoms with Crippen molar-refractivity contribution in [1.29, 1.82) is 0 Å². The molecule has 1 saturated heterocycles. The quantitative estimate of drug-likeness (QED) is 0.494. The van der Waals surface area contributed by atoms with E-state index in [-0.39, 0.29) is 36.2 Å². The van der Waals surface area contributed by atoms with Gasteiger partial charge in [-0.15, -0.1) is 0 Å². The molecule has 1 fully saturated rings. The van der Waals surface area contributed by atoms with Gasteiger partial charge in [-0.3, -0.25) is 0 Å². The molecule has 4 atom stereocenters. The first-order valence-corrected chi connectivity index (χ1v) is 9.03. The molecule has 1 heterocycles. The Balaban J connectivity index is 3.03. The van der Waals surface area contributed by atoms with E-state index in [9.17, 15) is 19.2 Å². The normalized spacial score (nSPS) is 29.9. The van der Waals surface area contributed by atoms with E-state index >= 15 is 0 Å². The average Bonchev–Trinajstić information content (AvgIpc) is 2.48. The van der Waals surface area contributed by atoms with Crippen LogP contribution in [0, 0.1) is 0 Å². The third-order valence-electron chi connectivity index (χ3n) is 4.39. The Morgan fingerprint density at radius 1 is 0.720 bits per heavy atom. The summed E-state index contributed by atoms with van der Waals surface area (Å²) < 4.78 is 1.81. The first-order valence-electron chi connectivity index (χ1n) is 8.33. The van der Waals surface area contributed by atoms with Crippen LogP contribution in [0.25, 0.3) is 0 Å². The molecule has 0 aromatic carbocycles. The SMILES string of the molecule is CC(=O)C1CNC(C(C)=O)C[N]([Ti])C(C(C)=O)CNC(C(C)=O)CN1. The number of rotatable bonds is 4. The Morgan fingerprint density at radius 3 is 1.52 bits per heavy atom. The van der Waals surface area contributed by atoms with Gasteiger partial charge in [-0.25, -0.2) is 0 Å². The van der Waals surface area contributed by atoms with E-state index in [0.29, 0.717) is 13.1 Å². The molecule has 139 valence electrons. The van der Waals surface area contributed by atoms with Crippen molar-refractivity contribution in [3.05, 3.63) is 0 Å². The zero-order valence-electron chi connectivity index (χ0n) is 15.2. The second-order valence-corrected chi connectivity index (χ2v) is 7.39. The van der Waals surface area contributed by atoms with E-state index < -0.39 is 24.2 Å². The van der Waals surface area contributed by atoms with Gasteiger partial charge in [0.25, 0.3) is 0 Å². The minimum absolute atomic E-state index is 0.0359. The summed E-state index contributed by atoms with van der Waals surface area (Å²) in [4.78, 5) is 47.6. The molecule has 0 aliphatic carbocycles. The van der Waals surface area contributed by atoms with Crippen molar-refractivity contribution >= 4 is 23.1 Å². The standard InChI is InChI=1S/C16H27N4O4.Ti/c1-9(21)13-5-18-15(11(3)23)7-20-16(12(4)24)8-19-14(6-17-13)10(2)22;/h13-19H,5-8H2,1-4H3;/q-1;+1. The monoisotopic (exact) mass is 387 g/mol. The van der Waals surface area contributed by atoms with Gasteiger partial charge in [-0.2, -0.15) is 0 Å². The molecular weight excluding hydrogens is 360 g/mol. The van der Waals surface area contributed by atoms with Crippen molar-refractivity contribution < 1.29 is 39.9 Å². The summed E-state index contributed by atoms with van der Waals surface area (Å²) >= 11 is 1.78. The Bertz CT molecular complexity index is 528. The number of carbonyl (C=O) groups is 4. The van der Waals surface area contributed by atoms with Gasteiger partial charge >= 0.3 is 160 Å². The molecule has 0 saturated carbocycles. The molecule has 1 rings (SSSR count). The van der Waals surface area contributed by atoms with Crippen LogP contribution in [0.15, 0.2) is 0 Å². The third-order valence-corrected chi connectivity index (χ3v) is 5.16. The molecule has 0 aromatic heterocycles. The minimum atomic E-state index is -0.487. The molecule has 0 bridgehead atoms. The van der Waals surface area contributed by atoms with Gasteiger partial charge in [0.2, 0.25) is 0 Å². The maximum atomic E-state index is 12.0. The fraction of sp³-hybridized carbons (Fsp3) is 0.750. The molecule has 1 aliphatic heterocycles. The van der Waals surface area contributed by atoms with E-state index in [1.807, 2.05) is 3.38 Å². The number of nitrogens with zero attached hydrogens (tertiary/aromatic N) is 1. The summed E-state index contributed by atoms with van der Waals surface area (Å²) in [5, 5.41) is 9.30. The van der Waals surface area contributed by atoms with Crippen molar-refractivity contribution in [2.75, 3.05) is 26.2 Å².